The molecule has 2 N–H and O–H groups in total. The number of thiocarbonyl (C=S) groups is 1. The summed E-state index contributed by atoms with van der Waals surface area (Å²) < 4.78 is 0. The first-order chi connectivity index (χ1) is 9.13. The van der Waals surface area contributed by atoms with Gasteiger partial charge >= 0.3 is 0 Å². The Morgan fingerprint density at radius 3 is 2.79 bits per heavy atom. The van der Waals surface area contributed by atoms with E-state index in [2.05, 4.69) is 35.9 Å². The zero-order valence-corrected chi connectivity index (χ0v) is 12.2. The third-order valence-electron chi connectivity index (χ3n) is 3.31. The highest BCUT2D eigenvalue weighted by atomic mass is 32.1. The van der Waals surface area contributed by atoms with Gasteiger partial charge in [-0.1, -0.05) is 43.4 Å². The van der Waals surface area contributed by atoms with E-state index >= 15 is 0 Å². The molecule has 0 saturated heterocycles. The van der Waals surface area contributed by atoms with Crippen molar-refractivity contribution < 1.29 is 0 Å². The first kappa shape index (κ1) is 13.7. The predicted octanol–water partition coefficient (Wildman–Crippen LogP) is 2.98. The van der Waals surface area contributed by atoms with E-state index in [0.29, 0.717) is 4.99 Å². The standard InChI is InChI=1S/C15H19N3S/c1-3-18(10-11(2)14(16)19)15-13-7-5-4-6-12(13)8-9-17-15/h4-9,11H,3,10H2,1-2H3,(H2,16,19). The van der Waals surface area contributed by atoms with Crippen LogP contribution in [0.1, 0.15) is 13.8 Å². The van der Waals surface area contributed by atoms with E-state index in [1.54, 1.807) is 0 Å². The van der Waals surface area contributed by atoms with Crippen LogP contribution in [-0.2, 0) is 0 Å². The Kier molecular flexibility index (Phi) is 4.32. The molecule has 100 valence electrons. The Morgan fingerprint density at radius 2 is 2.11 bits per heavy atom. The van der Waals surface area contributed by atoms with Gasteiger partial charge in [0.1, 0.15) is 5.82 Å². The highest BCUT2D eigenvalue weighted by Crippen LogP contribution is 2.24. The summed E-state index contributed by atoms with van der Waals surface area (Å²) in [5.41, 5.74) is 5.71. The first-order valence-electron chi connectivity index (χ1n) is 6.51. The third kappa shape index (κ3) is 3.01. The van der Waals surface area contributed by atoms with Crippen molar-refractivity contribution in [2.45, 2.75) is 13.8 Å². The fourth-order valence-corrected chi connectivity index (χ4v) is 2.22. The van der Waals surface area contributed by atoms with Gasteiger partial charge in [0.2, 0.25) is 0 Å². The van der Waals surface area contributed by atoms with Crippen molar-refractivity contribution in [3.8, 4) is 0 Å². The Balaban J connectivity index is 2.38. The van der Waals surface area contributed by atoms with Crippen LogP contribution in [0.4, 0.5) is 5.82 Å². The molecule has 0 saturated carbocycles. The quantitative estimate of drug-likeness (QED) is 0.850. The topological polar surface area (TPSA) is 42.1 Å². The molecule has 1 heterocycles. The first-order valence-corrected chi connectivity index (χ1v) is 6.92. The van der Waals surface area contributed by atoms with Gasteiger partial charge in [-0.3, -0.25) is 0 Å². The zero-order chi connectivity index (χ0) is 13.8. The molecular weight excluding hydrogens is 254 g/mol. The molecule has 19 heavy (non-hydrogen) atoms. The fourth-order valence-electron chi connectivity index (χ4n) is 2.14. The number of fused-ring (bicyclic) bond motifs is 1. The normalized spacial score (nSPS) is 12.3. The van der Waals surface area contributed by atoms with E-state index in [1.165, 1.54) is 10.8 Å². The number of benzene rings is 1. The molecule has 0 aliphatic rings. The Bertz CT molecular complexity index is 577. The molecule has 1 aromatic heterocycles. The highest BCUT2D eigenvalue weighted by Gasteiger charge is 2.14. The van der Waals surface area contributed by atoms with Crippen molar-refractivity contribution in [2.24, 2.45) is 11.7 Å². The number of aromatic nitrogens is 1. The lowest BCUT2D eigenvalue weighted by Crippen LogP contribution is -2.34. The van der Waals surface area contributed by atoms with Crippen molar-refractivity contribution in [1.82, 2.24) is 4.98 Å². The summed E-state index contributed by atoms with van der Waals surface area (Å²) in [5, 5.41) is 2.37. The molecule has 0 aliphatic carbocycles. The average Bonchev–Trinajstić information content (AvgIpc) is 2.44. The second-order valence-corrected chi connectivity index (χ2v) is 5.17. The van der Waals surface area contributed by atoms with Crippen molar-refractivity contribution in [3.63, 3.8) is 0 Å². The van der Waals surface area contributed by atoms with Gasteiger partial charge in [-0.25, -0.2) is 4.98 Å². The molecule has 0 fully saturated rings. The summed E-state index contributed by atoms with van der Waals surface area (Å²) in [6.07, 6.45) is 1.85. The number of hydrogen-bond donors (Lipinski definition) is 1. The lowest BCUT2D eigenvalue weighted by molar-refractivity contribution is 0.702. The zero-order valence-electron chi connectivity index (χ0n) is 11.3. The van der Waals surface area contributed by atoms with E-state index in [-0.39, 0.29) is 5.92 Å². The summed E-state index contributed by atoms with van der Waals surface area (Å²) >= 11 is 5.06. The Hall–Kier alpha value is -1.68. The van der Waals surface area contributed by atoms with Crippen molar-refractivity contribution in [3.05, 3.63) is 36.5 Å². The van der Waals surface area contributed by atoms with Crippen LogP contribution in [0, 0.1) is 5.92 Å². The van der Waals surface area contributed by atoms with E-state index in [4.69, 9.17) is 18.0 Å². The van der Waals surface area contributed by atoms with E-state index < -0.39 is 0 Å². The predicted molar refractivity (Wildman–Crippen MR) is 85.6 cm³/mol. The van der Waals surface area contributed by atoms with Crippen LogP contribution in [0.5, 0.6) is 0 Å². The monoisotopic (exact) mass is 273 g/mol. The Labute approximate surface area is 119 Å². The van der Waals surface area contributed by atoms with Crippen LogP contribution in [0.3, 0.4) is 0 Å². The maximum absolute atomic E-state index is 5.71. The summed E-state index contributed by atoms with van der Waals surface area (Å²) in [7, 11) is 0. The largest absolute Gasteiger partial charge is 0.393 e. The molecule has 0 radical (unpaired) electrons. The van der Waals surface area contributed by atoms with Gasteiger partial charge in [-0.2, -0.15) is 0 Å². The van der Waals surface area contributed by atoms with E-state index in [9.17, 15) is 0 Å². The SMILES string of the molecule is CCN(CC(C)C(N)=S)c1nccc2ccccc12. The maximum Gasteiger partial charge on any atom is 0.136 e. The van der Waals surface area contributed by atoms with Crippen LogP contribution in [0.25, 0.3) is 10.8 Å². The molecule has 0 spiro atoms. The molecule has 1 unspecified atom stereocenters. The van der Waals surface area contributed by atoms with Crippen LogP contribution in [0.2, 0.25) is 0 Å². The number of nitrogens with two attached hydrogens (primary N) is 1. The number of nitrogens with zero attached hydrogens (tertiary/aromatic N) is 2. The molecule has 0 aliphatic heterocycles. The maximum atomic E-state index is 5.71. The second-order valence-electron chi connectivity index (χ2n) is 4.70. The summed E-state index contributed by atoms with van der Waals surface area (Å²) in [4.78, 5) is 7.31. The molecule has 2 aromatic rings. The molecule has 0 amide bonds. The van der Waals surface area contributed by atoms with Crippen molar-refractivity contribution in [2.75, 3.05) is 18.0 Å². The van der Waals surface area contributed by atoms with Crippen LogP contribution < -0.4 is 10.6 Å². The molecule has 3 nitrogen and oxygen atoms in total. The summed E-state index contributed by atoms with van der Waals surface area (Å²) in [6.45, 7) is 5.85. The van der Waals surface area contributed by atoms with E-state index in [0.717, 1.165) is 18.9 Å². The average molecular weight is 273 g/mol. The molecular formula is C15H19N3S. The third-order valence-corrected chi connectivity index (χ3v) is 3.72. The van der Waals surface area contributed by atoms with Gasteiger partial charge in [-0.05, 0) is 18.4 Å². The molecule has 4 heteroatoms. The van der Waals surface area contributed by atoms with Crippen molar-refractivity contribution in [1.29, 1.82) is 0 Å². The molecule has 1 atom stereocenters. The molecule has 0 bridgehead atoms. The van der Waals surface area contributed by atoms with Gasteiger partial charge < -0.3 is 10.6 Å². The number of pyridine rings is 1. The van der Waals surface area contributed by atoms with Crippen LogP contribution in [-0.4, -0.2) is 23.1 Å². The van der Waals surface area contributed by atoms with Crippen LogP contribution in [0.15, 0.2) is 36.5 Å². The molecule has 1 aromatic carbocycles. The minimum absolute atomic E-state index is 0.177. The van der Waals surface area contributed by atoms with Gasteiger partial charge in [0.25, 0.3) is 0 Å². The lowest BCUT2D eigenvalue weighted by atomic mass is 10.1. The summed E-state index contributed by atoms with van der Waals surface area (Å²) in [5.74, 6) is 1.18. The number of anilines is 1. The fraction of sp³-hybridized carbons (Fsp3) is 0.333. The van der Waals surface area contributed by atoms with Crippen LogP contribution >= 0.6 is 12.2 Å². The van der Waals surface area contributed by atoms with Crippen molar-refractivity contribution >= 4 is 33.8 Å². The highest BCUT2D eigenvalue weighted by molar-refractivity contribution is 7.80. The summed E-state index contributed by atoms with van der Waals surface area (Å²) in [6, 6.07) is 10.3. The second kappa shape index (κ2) is 5.97. The number of rotatable bonds is 5. The minimum atomic E-state index is 0.177. The Morgan fingerprint density at radius 1 is 1.37 bits per heavy atom. The molecule has 2 rings (SSSR count). The smallest absolute Gasteiger partial charge is 0.136 e. The number of hydrogen-bond acceptors (Lipinski definition) is 3. The van der Waals surface area contributed by atoms with E-state index in [1.807, 2.05) is 24.4 Å². The van der Waals surface area contributed by atoms with Gasteiger partial charge in [-0.15, -0.1) is 0 Å². The van der Waals surface area contributed by atoms with Gasteiger partial charge in [0.15, 0.2) is 0 Å². The van der Waals surface area contributed by atoms with Gasteiger partial charge in [0.05, 0.1) is 4.99 Å². The minimum Gasteiger partial charge on any atom is -0.393 e. The van der Waals surface area contributed by atoms with Gasteiger partial charge in [0, 0.05) is 30.6 Å². The lowest BCUT2D eigenvalue weighted by Gasteiger charge is -2.26.